The van der Waals surface area contributed by atoms with Crippen LogP contribution in [0.25, 0.3) is 0 Å². The average Bonchev–Trinajstić information content (AvgIpc) is 2.96. The molecular formula is C15H16BrNS. The Morgan fingerprint density at radius 3 is 2.44 bits per heavy atom. The minimum atomic E-state index is 0.257. The predicted molar refractivity (Wildman–Crippen MR) is 81.0 cm³/mol. The van der Waals surface area contributed by atoms with Gasteiger partial charge in [0.25, 0.3) is 0 Å². The van der Waals surface area contributed by atoms with Crippen molar-refractivity contribution in [3.8, 4) is 0 Å². The van der Waals surface area contributed by atoms with E-state index in [0.717, 1.165) is 19.3 Å². The summed E-state index contributed by atoms with van der Waals surface area (Å²) in [5.41, 5.74) is 9.38. The predicted octanol–water partition coefficient (Wildman–Crippen LogP) is 3.80. The molecule has 1 aliphatic rings. The molecule has 0 radical (unpaired) electrons. The number of hydrogen-bond acceptors (Lipinski definition) is 2. The second kappa shape index (κ2) is 5.16. The van der Waals surface area contributed by atoms with E-state index in [-0.39, 0.29) is 6.04 Å². The Bertz CT molecular complexity index is 524. The molecule has 0 fully saturated rings. The topological polar surface area (TPSA) is 26.0 Å². The van der Waals surface area contributed by atoms with E-state index in [1.54, 1.807) is 11.3 Å². The Hall–Kier alpha value is -0.640. The molecule has 3 rings (SSSR count). The Balaban J connectivity index is 1.69. The van der Waals surface area contributed by atoms with Crippen LogP contribution >= 0.6 is 27.3 Å². The molecule has 0 bridgehead atoms. The fraction of sp³-hybridized carbons (Fsp3) is 0.333. The lowest BCUT2D eigenvalue weighted by Gasteiger charge is -2.18. The van der Waals surface area contributed by atoms with Crippen LogP contribution in [0.1, 0.15) is 16.0 Å². The molecule has 1 aromatic carbocycles. The zero-order valence-corrected chi connectivity index (χ0v) is 12.5. The first-order valence-electron chi connectivity index (χ1n) is 6.28. The summed E-state index contributed by atoms with van der Waals surface area (Å²) in [6.07, 6.45) is 3.26. The van der Waals surface area contributed by atoms with Gasteiger partial charge in [-0.1, -0.05) is 24.3 Å². The van der Waals surface area contributed by atoms with Gasteiger partial charge >= 0.3 is 0 Å². The standard InChI is InChI=1S/C15H16BrNS/c16-13-5-6-18-15(13)9-14(17)12-7-10-3-1-2-4-11(10)8-12/h1-6,12,14H,7-9,17H2. The number of halogens is 1. The van der Waals surface area contributed by atoms with Crippen molar-refractivity contribution in [3.63, 3.8) is 0 Å². The fourth-order valence-corrected chi connectivity index (χ4v) is 4.33. The Labute approximate surface area is 120 Å². The third-order valence-corrected chi connectivity index (χ3v) is 5.75. The van der Waals surface area contributed by atoms with Crippen molar-refractivity contribution in [2.45, 2.75) is 25.3 Å². The lowest BCUT2D eigenvalue weighted by molar-refractivity contribution is 0.438. The molecule has 1 atom stereocenters. The van der Waals surface area contributed by atoms with Gasteiger partial charge in [-0.2, -0.15) is 0 Å². The molecule has 0 saturated carbocycles. The zero-order chi connectivity index (χ0) is 12.5. The number of benzene rings is 1. The number of hydrogen-bond donors (Lipinski definition) is 1. The van der Waals surface area contributed by atoms with Gasteiger partial charge in [0.15, 0.2) is 0 Å². The van der Waals surface area contributed by atoms with Crippen molar-refractivity contribution in [1.29, 1.82) is 0 Å². The minimum absolute atomic E-state index is 0.257. The molecule has 0 spiro atoms. The molecule has 1 heterocycles. The first-order chi connectivity index (χ1) is 8.74. The molecule has 2 N–H and O–H groups in total. The van der Waals surface area contributed by atoms with Crippen LogP contribution in [0.15, 0.2) is 40.2 Å². The van der Waals surface area contributed by atoms with E-state index < -0.39 is 0 Å². The first-order valence-corrected chi connectivity index (χ1v) is 7.95. The summed E-state index contributed by atoms with van der Waals surface area (Å²) in [6, 6.07) is 11.1. The highest BCUT2D eigenvalue weighted by Crippen LogP contribution is 2.31. The maximum absolute atomic E-state index is 6.40. The maximum Gasteiger partial charge on any atom is 0.0314 e. The van der Waals surface area contributed by atoms with Crippen LogP contribution in [-0.2, 0) is 19.3 Å². The zero-order valence-electron chi connectivity index (χ0n) is 10.1. The highest BCUT2D eigenvalue weighted by Gasteiger charge is 2.26. The van der Waals surface area contributed by atoms with Crippen LogP contribution in [0.5, 0.6) is 0 Å². The van der Waals surface area contributed by atoms with Crippen molar-refractivity contribution in [3.05, 3.63) is 56.2 Å². The van der Waals surface area contributed by atoms with E-state index in [9.17, 15) is 0 Å². The van der Waals surface area contributed by atoms with Crippen molar-refractivity contribution in [2.75, 3.05) is 0 Å². The minimum Gasteiger partial charge on any atom is -0.327 e. The number of rotatable bonds is 3. The van der Waals surface area contributed by atoms with Gasteiger partial charge < -0.3 is 5.73 Å². The molecule has 94 valence electrons. The van der Waals surface area contributed by atoms with Gasteiger partial charge in [-0.3, -0.25) is 0 Å². The molecule has 0 amide bonds. The Kier molecular flexibility index (Phi) is 3.55. The molecule has 0 aliphatic heterocycles. The van der Waals surface area contributed by atoms with Gasteiger partial charge in [0.1, 0.15) is 0 Å². The van der Waals surface area contributed by atoms with Crippen LogP contribution in [0, 0.1) is 5.92 Å². The summed E-state index contributed by atoms with van der Waals surface area (Å²) in [5.74, 6) is 0.594. The molecule has 0 saturated heterocycles. The van der Waals surface area contributed by atoms with Crippen LogP contribution in [0.4, 0.5) is 0 Å². The molecule has 2 aromatic rings. The third-order valence-electron chi connectivity index (χ3n) is 3.80. The van der Waals surface area contributed by atoms with Crippen LogP contribution in [-0.4, -0.2) is 6.04 Å². The molecule has 1 unspecified atom stereocenters. The first kappa shape index (κ1) is 12.4. The molecule has 1 aliphatic carbocycles. The SMILES string of the molecule is NC(Cc1sccc1Br)C1Cc2ccccc2C1. The number of thiophene rings is 1. The Morgan fingerprint density at radius 1 is 1.22 bits per heavy atom. The highest BCUT2D eigenvalue weighted by molar-refractivity contribution is 9.10. The summed E-state index contributed by atoms with van der Waals surface area (Å²) in [6.45, 7) is 0. The van der Waals surface area contributed by atoms with Gasteiger partial charge in [0.2, 0.25) is 0 Å². The van der Waals surface area contributed by atoms with Gasteiger partial charge in [-0.15, -0.1) is 11.3 Å². The molecule has 3 heteroatoms. The van der Waals surface area contributed by atoms with Gasteiger partial charge in [-0.25, -0.2) is 0 Å². The summed E-state index contributed by atoms with van der Waals surface area (Å²) < 4.78 is 1.21. The molecule has 1 aromatic heterocycles. The van der Waals surface area contributed by atoms with E-state index in [1.165, 1.54) is 20.5 Å². The van der Waals surface area contributed by atoms with Crippen molar-refractivity contribution in [2.24, 2.45) is 11.7 Å². The Morgan fingerprint density at radius 2 is 1.89 bits per heavy atom. The molecular weight excluding hydrogens is 306 g/mol. The summed E-state index contributed by atoms with van der Waals surface area (Å²) in [4.78, 5) is 1.37. The average molecular weight is 322 g/mol. The number of fused-ring (bicyclic) bond motifs is 1. The van der Waals surface area contributed by atoms with Crippen molar-refractivity contribution < 1.29 is 0 Å². The van der Waals surface area contributed by atoms with E-state index in [0.29, 0.717) is 5.92 Å². The number of nitrogens with two attached hydrogens (primary N) is 1. The second-order valence-electron chi connectivity index (χ2n) is 5.00. The van der Waals surface area contributed by atoms with Crippen LogP contribution in [0.2, 0.25) is 0 Å². The summed E-state index contributed by atoms with van der Waals surface area (Å²) in [5, 5.41) is 2.12. The highest BCUT2D eigenvalue weighted by atomic mass is 79.9. The summed E-state index contributed by atoms with van der Waals surface area (Å²) >= 11 is 5.38. The molecule has 18 heavy (non-hydrogen) atoms. The van der Waals surface area contributed by atoms with E-state index in [4.69, 9.17) is 5.73 Å². The van der Waals surface area contributed by atoms with Gasteiger partial charge in [-0.05, 0) is 63.7 Å². The van der Waals surface area contributed by atoms with E-state index in [2.05, 4.69) is 51.6 Å². The van der Waals surface area contributed by atoms with Gasteiger partial charge in [0.05, 0.1) is 0 Å². The van der Waals surface area contributed by atoms with Crippen molar-refractivity contribution >= 4 is 27.3 Å². The van der Waals surface area contributed by atoms with Crippen LogP contribution in [0.3, 0.4) is 0 Å². The van der Waals surface area contributed by atoms with E-state index in [1.807, 2.05) is 0 Å². The molecule has 1 nitrogen and oxygen atoms in total. The quantitative estimate of drug-likeness (QED) is 0.914. The summed E-state index contributed by atoms with van der Waals surface area (Å²) in [7, 11) is 0. The maximum atomic E-state index is 6.40. The fourth-order valence-electron chi connectivity index (χ4n) is 2.75. The van der Waals surface area contributed by atoms with E-state index >= 15 is 0 Å². The van der Waals surface area contributed by atoms with Crippen molar-refractivity contribution in [1.82, 2.24) is 0 Å². The largest absolute Gasteiger partial charge is 0.327 e. The monoisotopic (exact) mass is 321 g/mol. The smallest absolute Gasteiger partial charge is 0.0314 e. The second-order valence-corrected chi connectivity index (χ2v) is 6.85. The lowest BCUT2D eigenvalue weighted by atomic mass is 9.94. The third kappa shape index (κ3) is 2.40. The van der Waals surface area contributed by atoms with Crippen LogP contribution < -0.4 is 5.73 Å². The van der Waals surface area contributed by atoms with Gasteiger partial charge in [0, 0.05) is 15.4 Å². The normalized spacial score (nSPS) is 16.8. The lowest BCUT2D eigenvalue weighted by Crippen LogP contribution is -2.32.